The van der Waals surface area contributed by atoms with E-state index in [4.69, 9.17) is 5.11 Å². The second kappa shape index (κ2) is 5.48. The molecule has 1 heterocycles. The third-order valence-electron chi connectivity index (χ3n) is 2.86. The summed E-state index contributed by atoms with van der Waals surface area (Å²) in [6, 6.07) is 6.27. The average molecular weight is 289 g/mol. The minimum atomic E-state index is -3.53. The van der Waals surface area contributed by atoms with Crippen LogP contribution in [0, 0.1) is 0 Å². The molecule has 0 aliphatic carbocycles. The lowest BCUT2D eigenvalue weighted by Gasteiger charge is -2.25. The Morgan fingerprint density at radius 2 is 1.94 bits per heavy atom. The van der Waals surface area contributed by atoms with Gasteiger partial charge < -0.3 is 5.11 Å². The Morgan fingerprint density at radius 3 is 2.56 bits per heavy atom. The van der Waals surface area contributed by atoms with Crippen LogP contribution in [-0.2, 0) is 27.4 Å². The highest BCUT2D eigenvalue weighted by molar-refractivity contribution is 7.89. The number of aliphatic hydroxyl groups excluding tert-OH is 1. The van der Waals surface area contributed by atoms with Crippen molar-refractivity contribution in [2.75, 3.05) is 24.6 Å². The first-order chi connectivity index (χ1) is 8.54. The standard InChI is InChI=1S/C11H15NO4S2/c13-9-10-2-1-3-11(8-10)18(15,16)12-4-6-17(14)7-5-12/h1-3,8,13H,4-7,9H2. The van der Waals surface area contributed by atoms with Crippen LogP contribution < -0.4 is 0 Å². The molecule has 1 aliphatic heterocycles. The van der Waals surface area contributed by atoms with Gasteiger partial charge in [0.05, 0.1) is 11.5 Å². The minimum absolute atomic E-state index is 0.182. The summed E-state index contributed by atoms with van der Waals surface area (Å²) in [6.07, 6.45) is 0. The van der Waals surface area contributed by atoms with Gasteiger partial charge in [0.15, 0.2) is 0 Å². The highest BCUT2D eigenvalue weighted by atomic mass is 32.2. The summed E-state index contributed by atoms with van der Waals surface area (Å²) < 4.78 is 37.2. The molecule has 1 aliphatic rings. The second-order valence-electron chi connectivity index (χ2n) is 4.06. The normalized spacial score (nSPS) is 18.9. The van der Waals surface area contributed by atoms with E-state index in [0.29, 0.717) is 17.1 Å². The molecule has 2 rings (SSSR count). The molecular weight excluding hydrogens is 274 g/mol. The molecule has 18 heavy (non-hydrogen) atoms. The van der Waals surface area contributed by atoms with Crippen molar-refractivity contribution >= 4 is 20.8 Å². The smallest absolute Gasteiger partial charge is 0.243 e. The van der Waals surface area contributed by atoms with E-state index in [2.05, 4.69) is 0 Å². The maximum absolute atomic E-state index is 12.3. The lowest BCUT2D eigenvalue weighted by atomic mass is 10.2. The highest BCUT2D eigenvalue weighted by Gasteiger charge is 2.27. The fourth-order valence-electron chi connectivity index (χ4n) is 1.81. The maximum Gasteiger partial charge on any atom is 0.243 e. The van der Waals surface area contributed by atoms with Gasteiger partial charge in [-0.25, -0.2) is 8.42 Å². The largest absolute Gasteiger partial charge is 0.392 e. The monoisotopic (exact) mass is 289 g/mol. The van der Waals surface area contributed by atoms with Crippen LogP contribution in [0.4, 0.5) is 0 Å². The van der Waals surface area contributed by atoms with Crippen molar-refractivity contribution in [1.82, 2.24) is 4.31 Å². The molecule has 0 radical (unpaired) electrons. The molecule has 0 unspecified atom stereocenters. The van der Waals surface area contributed by atoms with Gasteiger partial charge in [-0.3, -0.25) is 4.21 Å². The van der Waals surface area contributed by atoms with Gasteiger partial charge in [0.25, 0.3) is 0 Å². The fraction of sp³-hybridized carbons (Fsp3) is 0.455. The topological polar surface area (TPSA) is 74.7 Å². The zero-order chi connectivity index (χ0) is 13.2. The van der Waals surface area contributed by atoms with Gasteiger partial charge in [0.2, 0.25) is 10.0 Å². The Labute approximate surface area is 109 Å². The fourth-order valence-corrected chi connectivity index (χ4v) is 4.61. The summed E-state index contributed by atoms with van der Waals surface area (Å²) in [7, 11) is -4.43. The van der Waals surface area contributed by atoms with Crippen LogP contribution in [0.3, 0.4) is 0 Å². The van der Waals surface area contributed by atoms with E-state index >= 15 is 0 Å². The molecule has 0 saturated carbocycles. The molecule has 5 nitrogen and oxygen atoms in total. The first-order valence-electron chi connectivity index (χ1n) is 5.59. The molecule has 0 atom stereocenters. The summed E-state index contributed by atoms with van der Waals surface area (Å²) in [6.45, 7) is 0.393. The van der Waals surface area contributed by atoms with Crippen molar-refractivity contribution in [3.8, 4) is 0 Å². The van der Waals surface area contributed by atoms with Gasteiger partial charge in [-0.1, -0.05) is 12.1 Å². The molecular formula is C11H15NO4S2. The lowest BCUT2D eigenvalue weighted by molar-refractivity contribution is 0.281. The van der Waals surface area contributed by atoms with E-state index in [1.54, 1.807) is 12.1 Å². The number of rotatable bonds is 3. The minimum Gasteiger partial charge on any atom is -0.392 e. The number of aliphatic hydroxyl groups is 1. The molecule has 0 bridgehead atoms. The predicted molar refractivity (Wildman–Crippen MR) is 69.0 cm³/mol. The molecule has 100 valence electrons. The van der Waals surface area contributed by atoms with Gasteiger partial charge in [0.1, 0.15) is 0 Å². The van der Waals surface area contributed by atoms with Crippen LogP contribution in [-0.4, -0.2) is 46.6 Å². The third kappa shape index (κ3) is 2.80. The molecule has 7 heteroatoms. The Balaban J connectivity index is 2.27. The molecule has 1 fully saturated rings. The molecule has 1 saturated heterocycles. The zero-order valence-corrected chi connectivity index (χ0v) is 11.4. The summed E-state index contributed by atoms with van der Waals surface area (Å²) in [4.78, 5) is 0.182. The average Bonchev–Trinajstić information content (AvgIpc) is 2.39. The van der Waals surface area contributed by atoms with Crippen LogP contribution >= 0.6 is 0 Å². The van der Waals surface area contributed by atoms with Gasteiger partial charge in [-0.15, -0.1) is 0 Å². The molecule has 0 spiro atoms. The Bertz CT molecular complexity index is 546. The Hall–Kier alpha value is -0.760. The maximum atomic E-state index is 12.3. The molecule has 1 aromatic carbocycles. The van der Waals surface area contributed by atoms with Crippen molar-refractivity contribution in [3.05, 3.63) is 29.8 Å². The van der Waals surface area contributed by atoms with Crippen LogP contribution in [0.1, 0.15) is 5.56 Å². The first kappa shape index (κ1) is 13.7. The van der Waals surface area contributed by atoms with Crippen molar-refractivity contribution in [3.63, 3.8) is 0 Å². The van der Waals surface area contributed by atoms with Crippen molar-refractivity contribution < 1.29 is 17.7 Å². The van der Waals surface area contributed by atoms with Crippen molar-refractivity contribution in [1.29, 1.82) is 0 Å². The van der Waals surface area contributed by atoms with Crippen LogP contribution in [0.15, 0.2) is 29.2 Å². The SMILES string of the molecule is O=S1CCN(S(=O)(=O)c2cccc(CO)c2)CC1. The van der Waals surface area contributed by atoms with Crippen LogP contribution in [0.5, 0.6) is 0 Å². The molecule has 0 amide bonds. The first-order valence-corrected chi connectivity index (χ1v) is 8.52. The summed E-state index contributed by atoms with van der Waals surface area (Å²) >= 11 is 0. The highest BCUT2D eigenvalue weighted by Crippen LogP contribution is 2.18. The van der Waals surface area contributed by atoms with Gasteiger partial charge in [0, 0.05) is 35.4 Å². The van der Waals surface area contributed by atoms with Gasteiger partial charge >= 0.3 is 0 Å². The van der Waals surface area contributed by atoms with E-state index in [1.807, 2.05) is 0 Å². The van der Waals surface area contributed by atoms with E-state index in [-0.39, 0.29) is 24.6 Å². The molecule has 1 N–H and O–H groups in total. The van der Waals surface area contributed by atoms with Crippen molar-refractivity contribution in [2.24, 2.45) is 0 Å². The summed E-state index contributed by atoms with van der Waals surface area (Å²) in [5.74, 6) is 0.776. The van der Waals surface area contributed by atoms with E-state index in [9.17, 15) is 12.6 Å². The zero-order valence-electron chi connectivity index (χ0n) is 9.78. The number of hydrogen-bond donors (Lipinski definition) is 1. The summed E-state index contributed by atoms with van der Waals surface area (Å²) in [5, 5.41) is 9.02. The van der Waals surface area contributed by atoms with Crippen molar-refractivity contribution in [2.45, 2.75) is 11.5 Å². The number of sulfonamides is 1. The van der Waals surface area contributed by atoms with Gasteiger partial charge in [-0.2, -0.15) is 4.31 Å². The van der Waals surface area contributed by atoms with E-state index in [1.165, 1.54) is 16.4 Å². The number of hydrogen-bond acceptors (Lipinski definition) is 4. The third-order valence-corrected chi connectivity index (χ3v) is 6.03. The van der Waals surface area contributed by atoms with Crippen LogP contribution in [0.25, 0.3) is 0 Å². The number of nitrogens with zero attached hydrogens (tertiary/aromatic N) is 1. The van der Waals surface area contributed by atoms with E-state index < -0.39 is 20.8 Å². The Kier molecular flexibility index (Phi) is 4.16. The lowest BCUT2D eigenvalue weighted by Crippen LogP contribution is -2.41. The molecule has 0 aromatic heterocycles. The Morgan fingerprint density at radius 1 is 1.28 bits per heavy atom. The van der Waals surface area contributed by atoms with Crippen LogP contribution in [0.2, 0.25) is 0 Å². The molecule has 1 aromatic rings. The van der Waals surface area contributed by atoms with E-state index in [0.717, 1.165) is 0 Å². The number of benzene rings is 1. The predicted octanol–water partition coefficient (Wildman–Crippen LogP) is -0.0681. The second-order valence-corrected chi connectivity index (χ2v) is 7.69. The quantitative estimate of drug-likeness (QED) is 0.845. The van der Waals surface area contributed by atoms with Gasteiger partial charge in [-0.05, 0) is 17.7 Å². The summed E-state index contributed by atoms with van der Waals surface area (Å²) in [5.41, 5.74) is 0.566.